The molecule has 0 spiro atoms. The largest absolute Gasteiger partial charge is 0.313 e. The molecule has 0 amide bonds. The maximum absolute atomic E-state index is 4.40. The highest BCUT2D eigenvalue weighted by Gasteiger charge is 2.12. The average Bonchev–Trinajstić information content (AvgIpc) is 3.05. The van der Waals surface area contributed by atoms with Crippen molar-refractivity contribution in [2.45, 2.75) is 25.3 Å². The SMILES string of the molecule is CNC(CCCc1cccs1)c1cncc2ccccc12. The predicted octanol–water partition coefficient (Wildman–Crippen LogP) is 4.58. The molecule has 0 saturated carbocycles. The first-order valence-corrected chi connectivity index (χ1v) is 8.29. The highest BCUT2D eigenvalue weighted by atomic mass is 32.1. The number of fused-ring (bicyclic) bond motifs is 1. The van der Waals surface area contributed by atoms with E-state index < -0.39 is 0 Å². The number of aromatic nitrogens is 1. The maximum atomic E-state index is 4.40. The van der Waals surface area contributed by atoms with E-state index in [9.17, 15) is 0 Å². The molecule has 108 valence electrons. The lowest BCUT2D eigenvalue weighted by Crippen LogP contribution is -2.17. The van der Waals surface area contributed by atoms with Gasteiger partial charge in [-0.25, -0.2) is 0 Å². The third kappa shape index (κ3) is 3.31. The summed E-state index contributed by atoms with van der Waals surface area (Å²) in [6.45, 7) is 0. The smallest absolute Gasteiger partial charge is 0.0346 e. The fraction of sp³-hybridized carbons (Fsp3) is 0.278. The van der Waals surface area contributed by atoms with Crippen LogP contribution in [0.4, 0.5) is 0 Å². The molecule has 2 aromatic heterocycles. The van der Waals surface area contributed by atoms with Crippen LogP contribution in [0.2, 0.25) is 0 Å². The molecule has 3 rings (SSSR count). The molecule has 0 aliphatic heterocycles. The summed E-state index contributed by atoms with van der Waals surface area (Å²) < 4.78 is 0. The second-order valence-electron chi connectivity index (χ2n) is 5.26. The minimum atomic E-state index is 0.364. The van der Waals surface area contributed by atoms with E-state index in [1.807, 2.05) is 30.8 Å². The Morgan fingerprint density at radius 1 is 1.14 bits per heavy atom. The Morgan fingerprint density at radius 2 is 2.05 bits per heavy atom. The van der Waals surface area contributed by atoms with Crippen molar-refractivity contribution in [3.05, 3.63) is 64.6 Å². The highest BCUT2D eigenvalue weighted by Crippen LogP contribution is 2.26. The number of nitrogens with one attached hydrogen (secondary N) is 1. The predicted molar refractivity (Wildman–Crippen MR) is 90.8 cm³/mol. The Morgan fingerprint density at radius 3 is 2.86 bits per heavy atom. The number of aryl methyl sites for hydroxylation is 1. The first-order valence-electron chi connectivity index (χ1n) is 7.41. The van der Waals surface area contributed by atoms with Crippen LogP contribution in [0.25, 0.3) is 10.8 Å². The lowest BCUT2D eigenvalue weighted by atomic mass is 9.97. The zero-order chi connectivity index (χ0) is 14.5. The van der Waals surface area contributed by atoms with Crippen molar-refractivity contribution in [3.63, 3.8) is 0 Å². The van der Waals surface area contributed by atoms with Gasteiger partial charge in [-0.05, 0) is 48.7 Å². The van der Waals surface area contributed by atoms with E-state index in [-0.39, 0.29) is 0 Å². The number of hydrogen-bond acceptors (Lipinski definition) is 3. The first-order chi connectivity index (χ1) is 10.4. The molecule has 1 aromatic carbocycles. The lowest BCUT2D eigenvalue weighted by Gasteiger charge is -2.18. The Bertz CT molecular complexity index is 686. The van der Waals surface area contributed by atoms with Crippen molar-refractivity contribution in [2.24, 2.45) is 0 Å². The molecule has 3 heteroatoms. The van der Waals surface area contributed by atoms with Crippen molar-refractivity contribution < 1.29 is 0 Å². The molecule has 2 heterocycles. The van der Waals surface area contributed by atoms with Gasteiger partial charge in [0, 0.05) is 28.7 Å². The molecule has 3 aromatic rings. The summed E-state index contributed by atoms with van der Waals surface area (Å²) in [5, 5.41) is 8.13. The van der Waals surface area contributed by atoms with Gasteiger partial charge in [-0.15, -0.1) is 11.3 Å². The van der Waals surface area contributed by atoms with E-state index in [2.05, 4.69) is 52.1 Å². The molecule has 2 nitrogen and oxygen atoms in total. The van der Waals surface area contributed by atoms with Crippen LogP contribution < -0.4 is 5.32 Å². The summed E-state index contributed by atoms with van der Waals surface area (Å²) in [7, 11) is 2.04. The van der Waals surface area contributed by atoms with Crippen LogP contribution in [0.15, 0.2) is 54.2 Å². The second-order valence-corrected chi connectivity index (χ2v) is 6.29. The number of thiophene rings is 1. The molecule has 0 aliphatic carbocycles. The van der Waals surface area contributed by atoms with Crippen molar-refractivity contribution in [3.8, 4) is 0 Å². The lowest BCUT2D eigenvalue weighted by molar-refractivity contribution is 0.530. The molecular weight excluding hydrogens is 276 g/mol. The monoisotopic (exact) mass is 296 g/mol. The standard InChI is InChI=1S/C18H20N2S/c1-19-18(10-4-7-15-8-5-11-21-15)17-13-20-12-14-6-2-3-9-16(14)17/h2-3,5-6,8-9,11-13,18-19H,4,7,10H2,1H3. The zero-order valence-corrected chi connectivity index (χ0v) is 13.1. The van der Waals surface area contributed by atoms with Gasteiger partial charge in [0.1, 0.15) is 0 Å². The summed E-state index contributed by atoms with van der Waals surface area (Å²) in [6, 6.07) is 13.2. The van der Waals surface area contributed by atoms with Crippen LogP contribution in [-0.2, 0) is 6.42 Å². The molecule has 1 atom stereocenters. The Balaban J connectivity index is 1.75. The molecule has 1 N–H and O–H groups in total. The third-order valence-electron chi connectivity index (χ3n) is 3.92. The van der Waals surface area contributed by atoms with E-state index in [0.717, 1.165) is 12.8 Å². The van der Waals surface area contributed by atoms with E-state index in [1.165, 1.54) is 27.6 Å². The first kappa shape index (κ1) is 14.2. The minimum Gasteiger partial charge on any atom is -0.313 e. The fourth-order valence-corrected chi connectivity index (χ4v) is 3.56. The molecule has 0 bridgehead atoms. The van der Waals surface area contributed by atoms with E-state index >= 15 is 0 Å². The van der Waals surface area contributed by atoms with Crippen LogP contribution in [-0.4, -0.2) is 12.0 Å². The van der Waals surface area contributed by atoms with E-state index in [0.29, 0.717) is 6.04 Å². The van der Waals surface area contributed by atoms with Gasteiger partial charge in [-0.3, -0.25) is 4.98 Å². The second kappa shape index (κ2) is 6.83. The number of hydrogen-bond donors (Lipinski definition) is 1. The summed E-state index contributed by atoms with van der Waals surface area (Å²) in [6.07, 6.45) is 7.43. The Labute approximate surface area is 129 Å². The molecule has 0 radical (unpaired) electrons. The van der Waals surface area contributed by atoms with Crippen LogP contribution in [0.3, 0.4) is 0 Å². The minimum absolute atomic E-state index is 0.364. The Hall–Kier alpha value is -1.71. The molecule has 1 unspecified atom stereocenters. The van der Waals surface area contributed by atoms with Gasteiger partial charge in [0.15, 0.2) is 0 Å². The number of nitrogens with zero attached hydrogens (tertiary/aromatic N) is 1. The number of rotatable bonds is 6. The maximum Gasteiger partial charge on any atom is 0.0346 e. The van der Waals surface area contributed by atoms with Crippen molar-refractivity contribution >= 4 is 22.1 Å². The number of benzene rings is 1. The van der Waals surface area contributed by atoms with Gasteiger partial charge < -0.3 is 5.32 Å². The topological polar surface area (TPSA) is 24.9 Å². The van der Waals surface area contributed by atoms with Gasteiger partial charge in [-0.2, -0.15) is 0 Å². The molecule has 0 aliphatic rings. The quantitative estimate of drug-likeness (QED) is 0.720. The summed E-state index contributed by atoms with van der Waals surface area (Å²) >= 11 is 1.85. The van der Waals surface area contributed by atoms with Gasteiger partial charge in [0.2, 0.25) is 0 Å². The molecule has 0 saturated heterocycles. The normalized spacial score (nSPS) is 12.6. The average molecular weight is 296 g/mol. The molecule has 0 fully saturated rings. The van der Waals surface area contributed by atoms with Gasteiger partial charge >= 0.3 is 0 Å². The Kier molecular flexibility index (Phi) is 4.63. The van der Waals surface area contributed by atoms with Gasteiger partial charge in [0.05, 0.1) is 0 Å². The number of pyridine rings is 1. The summed E-state index contributed by atoms with van der Waals surface area (Å²) in [4.78, 5) is 5.87. The van der Waals surface area contributed by atoms with Gasteiger partial charge in [-0.1, -0.05) is 30.3 Å². The van der Waals surface area contributed by atoms with Crippen LogP contribution in [0.1, 0.15) is 29.3 Å². The highest BCUT2D eigenvalue weighted by molar-refractivity contribution is 7.09. The van der Waals surface area contributed by atoms with E-state index in [1.54, 1.807) is 0 Å². The van der Waals surface area contributed by atoms with Crippen molar-refractivity contribution in [1.29, 1.82) is 0 Å². The zero-order valence-electron chi connectivity index (χ0n) is 12.3. The van der Waals surface area contributed by atoms with E-state index in [4.69, 9.17) is 0 Å². The van der Waals surface area contributed by atoms with Crippen LogP contribution in [0.5, 0.6) is 0 Å². The molecule has 21 heavy (non-hydrogen) atoms. The van der Waals surface area contributed by atoms with Crippen LogP contribution in [0, 0.1) is 0 Å². The van der Waals surface area contributed by atoms with Crippen molar-refractivity contribution in [2.75, 3.05) is 7.05 Å². The third-order valence-corrected chi connectivity index (χ3v) is 4.86. The van der Waals surface area contributed by atoms with Crippen LogP contribution >= 0.6 is 11.3 Å². The summed E-state index contributed by atoms with van der Waals surface area (Å²) in [5.74, 6) is 0. The van der Waals surface area contributed by atoms with Crippen molar-refractivity contribution in [1.82, 2.24) is 10.3 Å². The molecular formula is C18H20N2S. The fourth-order valence-electron chi connectivity index (χ4n) is 2.81. The van der Waals surface area contributed by atoms with Gasteiger partial charge in [0.25, 0.3) is 0 Å². The summed E-state index contributed by atoms with van der Waals surface area (Å²) in [5.41, 5.74) is 1.31.